The minimum absolute atomic E-state index is 0.0765. The predicted octanol–water partition coefficient (Wildman–Crippen LogP) is 1.15. The maximum absolute atomic E-state index is 12.6. The Morgan fingerprint density at radius 3 is 2.68 bits per heavy atom. The number of nitrogens with one attached hydrogen (secondary N) is 1. The Labute approximate surface area is 134 Å². The molecule has 0 saturated heterocycles. The highest BCUT2D eigenvalue weighted by molar-refractivity contribution is 7.92. The van der Waals surface area contributed by atoms with Gasteiger partial charge < -0.3 is 5.84 Å². The van der Waals surface area contributed by atoms with Crippen LogP contribution < -0.4 is 5.84 Å². The van der Waals surface area contributed by atoms with E-state index in [9.17, 15) is 8.42 Å². The molecule has 0 aliphatic heterocycles. The first-order chi connectivity index (χ1) is 10.5. The van der Waals surface area contributed by atoms with Crippen molar-refractivity contribution in [2.45, 2.75) is 9.96 Å². The van der Waals surface area contributed by atoms with Gasteiger partial charge in [0.2, 0.25) is 4.77 Å². The van der Waals surface area contributed by atoms with E-state index >= 15 is 0 Å². The van der Waals surface area contributed by atoms with E-state index in [0.29, 0.717) is 11.3 Å². The maximum atomic E-state index is 12.6. The molecule has 1 aromatic carbocycles. The Kier molecular flexibility index (Phi) is 3.76. The number of benzene rings is 1. The van der Waals surface area contributed by atoms with Crippen molar-refractivity contribution < 1.29 is 8.42 Å². The summed E-state index contributed by atoms with van der Waals surface area (Å²) in [5.41, 5.74) is 1.00. The number of hydrogen-bond donors (Lipinski definition) is 2. The second kappa shape index (κ2) is 5.59. The fraction of sp³-hybridized carbons (Fsp3) is 0.0909. The average molecular weight is 354 g/mol. The normalized spacial score (nSPS) is 11.6. The minimum Gasteiger partial charge on any atom is -0.335 e. The van der Waals surface area contributed by atoms with Crippen molar-refractivity contribution in [1.82, 2.24) is 24.5 Å². The summed E-state index contributed by atoms with van der Waals surface area (Å²) in [7, 11) is -3.69. The van der Waals surface area contributed by atoms with Gasteiger partial charge in [-0.3, -0.25) is 5.10 Å². The molecule has 0 aliphatic carbocycles. The van der Waals surface area contributed by atoms with Gasteiger partial charge in [0.25, 0.3) is 0 Å². The lowest BCUT2D eigenvalue weighted by molar-refractivity contribution is 0.595. The number of nitrogens with two attached hydrogens (primary N) is 1. The second-order valence-electron chi connectivity index (χ2n) is 4.35. The van der Waals surface area contributed by atoms with E-state index in [1.165, 1.54) is 0 Å². The van der Waals surface area contributed by atoms with Crippen molar-refractivity contribution in [3.63, 3.8) is 0 Å². The highest BCUT2D eigenvalue weighted by Crippen LogP contribution is 2.29. The monoisotopic (exact) mass is 354 g/mol. The molecule has 0 bridgehead atoms. The highest BCUT2D eigenvalue weighted by Gasteiger charge is 2.26. The Morgan fingerprint density at radius 1 is 1.32 bits per heavy atom. The summed E-state index contributed by atoms with van der Waals surface area (Å²) in [6.07, 6.45) is 0. The zero-order chi connectivity index (χ0) is 15.7. The molecule has 22 heavy (non-hydrogen) atoms. The first-order valence-electron chi connectivity index (χ1n) is 6.01. The van der Waals surface area contributed by atoms with Gasteiger partial charge in [-0.15, -0.1) is 5.10 Å². The van der Waals surface area contributed by atoms with Crippen LogP contribution in [0.15, 0.2) is 34.5 Å². The number of nitrogens with zero attached hydrogens (tertiary/aromatic N) is 4. The molecule has 0 fully saturated rings. The van der Waals surface area contributed by atoms with Gasteiger partial charge in [0.05, 0.1) is 0 Å². The first kappa shape index (κ1) is 14.8. The molecule has 0 aliphatic rings. The Morgan fingerprint density at radius 2 is 2.05 bits per heavy atom. The third kappa shape index (κ3) is 2.65. The lowest BCUT2D eigenvalue weighted by atomic mass is 10.2. The molecule has 3 rings (SSSR count). The number of H-pyrrole nitrogens is 1. The van der Waals surface area contributed by atoms with E-state index in [0.717, 1.165) is 16.2 Å². The zero-order valence-corrected chi connectivity index (χ0v) is 13.5. The zero-order valence-electron chi connectivity index (χ0n) is 11.0. The van der Waals surface area contributed by atoms with E-state index in [4.69, 9.17) is 18.1 Å². The van der Waals surface area contributed by atoms with Crippen LogP contribution in [0, 0.1) is 4.77 Å². The van der Waals surface area contributed by atoms with Crippen LogP contribution >= 0.6 is 23.8 Å². The molecule has 0 radical (unpaired) electrons. The van der Waals surface area contributed by atoms with Crippen molar-refractivity contribution in [3.05, 3.63) is 40.9 Å². The molecule has 0 spiro atoms. The molecule has 0 amide bonds. The smallest absolute Gasteiger partial charge is 0.214 e. The van der Waals surface area contributed by atoms with Gasteiger partial charge in [-0.25, -0.2) is 13.1 Å². The third-order valence-corrected chi connectivity index (χ3v) is 6.08. The Bertz CT molecular complexity index is 957. The molecule has 8 nitrogen and oxygen atoms in total. The van der Waals surface area contributed by atoms with Gasteiger partial charge in [0, 0.05) is 17.1 Å². The topological polar surface area (TPSA) is 120 Å². The molecule has 11 heteroatoms. The Balaban J connectivity index is 2.03. The van der Waals surface area contributed by atoms with Crippen molar-refractivity contribution >= 4 is 33.6 Å². The summed E-state index contributed by atoms with van der Waals surface area (Å²) in [6, 6.07) is 8.99. The van der Waals surface area contributed by atoms with E-state index in [1.54, 1.807) is 24.3 Å². The summed E-state index contributed by atoms with van der Waals surface area (Å²) < 4.78 is 30.2. The van der Waals surface area contributed by atoms with Crippen molar-refractivity contribution in [2.24, 2.45) is 0 Å². The van der Waals surface area contributed by atoms with Crippen LogP contribution in [-0.4, -0.2) is 32.9 Å². The molecule has 3 N–H and O–H groups in total. The standard InChI is InChI=1S/C11H10N6O2S3/c12-17-8(13-15-11(17)20)6-22(18,19)10-9(14-16-21-10)7-4-2-1-3-5-7/h1-5H,6,12H2,(H,15,20). The summed E-state index contributed by atoms with van der Waals surface area (Å²) in [5.74, 6) is 5.37. The van der Waals surface area contributed by atoms with E-state index in [1.807, 2.05) is 6.07 Å². The van der Waals surface area contributed by atoms with Gasteiger partial charge in [0.15, 0.2) is 19.9 Å². The molecular weight excluding hydrogens is 344 g/mol. The number of sulfone groups is 1. The van der Waals surface area contributed by atoms with Gasteiger partial charge >= 0.3 is 0 Å². The maximum Gasteiger partial charge on any atom is 0.214 e. The van der Waals surface area contributed by atoms with E-state index in [-0.39, 0.29) is 20.6 Å². The molecule has 3 aromatic rings. The second-order valence-corrected chi connectivity index (χ2v) is 7.67. The van der Waals surface area contributed by atoms with Crippen LogP contribution in [-0.2, 0) is 15.6 Å². The van der Waals surface area contributed by atoms with Crippen LogP contribution in [0.2, 0.25) is 0 Å². The number of aromatic amines is 1. The molecule has 0 atom stereocenters. The van der Waals surface area contributed by atoms with E-state index in [2.05, 4.69) is 19.8 Å². The van der Waals surface area contributed by atoms with Crippen LogP contribution in [0.4, 0.5) is 0 Å². The van der Waals surface area contributed by atoms with Gasteiger partial charge in [-0.05, 0) is 12.2 Å². The van der Waals surface area contributed by atoms with Gasteiger partial charge in [0.1, 0.15) is 11.4 Å². The fourth-order valence-corrected chi connectivity index (χ4v) is 4.28. The van der Waals surface area contributed by atoms with Gasteiger partial charge in [-0.2, -0.15) is 5.10 Å². The lowest BCUT2D eigenvalue weighted by Crippen LogP contribution is -2.16. The molecule has 0 unspecified atom stereocenters. The van der Waals surface area contributed by atoms with E-state index < -0.39 is 9.84 Å². The van der Waals surface area contributed by atoms with Crippen LogP contribution in [0.3, 0.4) is 0 Å². The predicted molar refractivity (Wildman–Crippen MR) is 83.8 cm³/mol. The van der Waals surface area contributed by atoms with Crippen LogP contribution in [0.5, 0.6) is 0 Å². The summed E-state index contributed by atoms with van der Waals surface area (Å²) in [6.45, 7) is 0. The van der Waals surface area contributed by atoms with Crippen LogP contribution in [0.25, 0.3) is 11.3 Å². The fourth-order valence-electron chi connectivity index (χ4n) is 1.83. The number of nitrogen functional groups attached to an aromatic ring is 1. The molecule has 114 valence electrons. The number of hydrogen-bond acceptors (Lipinski definition) is 8. The summed E-state index contributed by atoms with van der Waals surface area (Å²) in [5, 5.41) is 10.2. The minimum atomic E-state index is -3.69. The highest BCUT2D eigenvalue weighted by atomic mass is 32.2. The summed E-state index contributed by atoms with van der Waals surface area (Å²) >= 11 is 5.69. The number of aromatic nitrogens is 5. The Hall–Kier alpha value is -2.11. The SMILES string of the molecule is Nn1c(CS(=O)(=O)c2snnc2-c2ccccc2)n[nH]c1=S. The third-order valence-electron chi connectivity index (χ3n) is 2.88. The largest absolute Gasteiger partial charge is 0.335 e. The van der Waals surface area contributed by atoms with Crippen LogP contribution in [0.1, 0.15) is 5.82 Å². The summed E-state index contributed by atoms with van der Waals surface area (Å²) in [4.78, 5) is 0. The molecule has 0 saturated carbocycles. The van der Waals surface area contributed by atoms with Gasteiger partial charge in [-0.1, -0.05) is 34.8 Å². The van der Waals surface area contributed by atoms with Crippen molar-refractivity contribution in [3.8, 4) is 11.3 Å². The van der Waals surface area contributed by atoms with Crippen molar-refractivity contribution in [1.29, 1.82) is 0 Å². The average Bonchev–Trinajstić information content (AvgIpc) is 3.11. The molecule has 2 heterocycles. The first-order valence-corrected chi connectivity index (χ1v) is 8.84. The van der Waals surface area contributed by atoms with Crippen molar-refractivity contribution in [2.75, 3.05) is 5.84 Å². The molecular formula is C11H10N6O2S3. The number of rotatable bonds is 4. The lowest BCUT2D eigenvalue weighted by Gasteiger charge is -2.03. The molecule has 2 aromatic heterocycles. The quantitative estimate of drug-likeness (QED) is 0.532.